The zero-order valence-corrected chi connectivity index (χ0v) is 25.8. The van der Waals surface area contributed by atoms with Crippen molar-refractivity contribution in [2.24, 2.45) is 0 Å². The summed E-state index contributed by atoms with van der Waals surface area (Å²) in [6.07, 6.45) is 0. The molecule has 0 radical (unpaired) electrons. The second kappa shape index (κ2) is 13.0. The fraction of sp³-hybridized carbons (Fsp3) is 0.300. The molecule has 3 aromatic carbocycles. The number of aryl methyl sites for hydroxylation is 6. The molecular formula is C30H35Cl2N2O2Ru-. The zero-order valence-electron chi connectivity index (χ0n) is 22.5. The number of anilines is 2. The van der Waals surface area contributed by atoms with E-state index < -0.39 is 13.5 Å². The van der Waals surface area contributed by atoms with E-state index in [9.17, 15) is 4.79 Å². The number of benzene rings is 3. The van der Waals surface area contributed by atoms with Crippen molar-refractivity contribution >= 4 is 41.3 Å². The van der Waals surface area contributed by atoms with Crippen LogP contribution < -0.4 is 9.80 Å². The van der Waals surface area contributed by atoms with Crippen molar-refractivity contribution in [2.75, 3.05) is 30.0 Å². The molecule has 7 heteroatoms. The van der Waals surface area contributed by atoms with E-state index in [1.54, 1.807) is 22.8 Å². The molecule has 0 amide bonds. The molecule has 0 unspecified atom stereocenters. The minimum absolute atomic E-state index is 0.374. The molecule has 0 aromatic heterocycles. The number of methoxy groups -OCH3 is 1. The van der Waals surface area contributed by atoms with Crippen LogP contribution >= 0.6 is 19.4 Å². The van der Waals surface area contributed by atoms with Gasteiger partial charge in [-0.15, -0.1) is 0 Å². The van der Waals surface area contributed by atoms with Crippen LogP contribution in [0.3, 0.4) is 0 Å². The van der Waals surface area contributed by atoms with Crippen LogP contribution in [0.2, 0.25) is 0 Å². The van der Waals surface area contributed by atoms with E-state index in [0.717, 1.165) is 18.7 Å². The largest absolute Gasteiger partial charge is 0.502 e. The van der Waals surface area contributed by atoms with Gasteiger partial charge in [-0.05, 0) is 63.8 Å². The van der Waals surface area contributed by atoms with Crippen LogP contribution in [0.1, 0.15) is 49.3 Å². The molecule has 200 valence electrons. The molecule has 1 aliphatic heterocycles. The molecule has 1 fully saturated rings. The number of nitrogens with zero attached hydrogens (tertiary/aromatic N) is 2. The normalized spacial score (nSPS) is 13.2. The van der Waals surface area contributed by atoms with Gasteiger partial charge in [-0.1, -0.05) is 35.4 Å². The van der Waals surface area contributed by atoms with E-state index in [-0.39, 0.29) is 5.97 Å². The predicted molar refractivity (Wildman–Crippen MR) is 155 cm³/mol. The Labute approximate surface area is 234 Å². The molecule has 4 rings (SSSR count). The summed E-state index contributed by atoms with van der Waals surface area (Å²) < 4.78 is 6.35. The maximum Gasteiger partial charge on any atom is 0.0146 e. The average Bonchev–Trinajstić information content (AvgIpc) is 3.26. The first-order valence-electron chi connectivity index (χ1n) is 12.1. The first kappa shape index (κ1) is 29.4. The quantitative estimate of drug-likeness (QED) is 0.170. The first-order valence-corrected chi connectivity index (χ1v) is 17.5. The summed E-state index contributed by atoms with van der Waals surface area (Å²) in [7, 11) is 12.8. The van der Waals surface area contributed by atoms with Crippen molar-refractivity contribution in [2.45, 2.75) is 41.5 Å². The van der Waals surface area contributed by atoms with Crippen molar-refractivity contribution in [3.8, 4) is 0 Å². The number of hydrogen-bond acceptors (Lipinski definition) is 4. The van der Waals surface area contributed by atoms with Crippen LogP contribution in [-0.2, 0) is 18.3 Å². The summed E-state index contributed by atoms with van der Waals surface area (Å²) in [5, 5.41) is 0. The van der Waals surface area contributed by atoms with Gasteiger partial charge in [-0.2, -0.15) is 6.67 Å². The molecular weight excluding hydrogens is 592 g/mol. The van der Waals surface area contributed by atoms with Gasteiger partial charge in [0.2, 0.25) is 0 Å². The second-order valence-electron chi connectivity index (χ2n) is 9.38. The summed E-state index contributed by atoms with van der Waals surface area (Å²) >= 11 is -1.91. The van der Waals surface area contributed by atoms with Crippen LogP contribution in [-0.4, -0.2) is 30.8 Å². The molecule has 0 aliphatic carbocycles. The standard InChI is InChI=1S/C21H27N2.C9H8O2.2ClH.Ru/c1-14-9-16(3)20(17(4)10-14)22-7-8-23(13-22)21-18(5)11-15(2)12-19(21)6;1-7-5-3-4-6-8(7)9(10)11-2;;;/h9-13H,7-8H2,1-6H3;1,3-6H,2H3;2*1H;/q-1;;;;+2/p-2. The SMILES string of the molecule is COC(=O)c1ccccc1[CH]=[Ru]([Cl])[Cl].Cc1cc(C)c(N2[CH-]N(c3c(C)cc(C)cc3C)CC2)c(C)c1. The monoisotopic (exact) mass is 627 g/mol. The number of carbonyl (C=O) groups excluding carboxylic acids is 1. The van der Waals surface area contributed by atoms with Crippen LogP contribution in [0.5, 0.6) is 0 Å². The topological polar surface area (TPSA) is 32.8 Å². The average molecular weight is 628 g/mol. The predicted octanol–water partition coefficient (Wildman–Crippen LogP) is 7.53. The van der Waals surface area contributed by atoms with Gasteiger partial charge in [-0.3, -0.25) is 0 Å². The summed E-state index contributed by atoms with van der Waals surface area (Å²) in [5.41, 5.74) is 12.1. The number of carbonyl (C=O) groups is 1. The third-order valence-corrected chi connectivity index (χ3v) is 8.09. The minimum Gasteiger partial charge on any atom is -0.502 e. The van der Waals surface area contributed by atoms with E-state index in [1.807, 2.05) is 6.07 Å². The van der Waals surface area contributed by atoms with Gasteiger partial charge in [0.1, 0.15) is 0 Å². The number of ether oxygens (including phenoxy) is 1. The summed E-state index contributed by atoms with van der Waals surface area (Å²) in [5.74, 6) is -0.374. The minimum atomic E-state index is -1.91. The molecule has 4 nitrogen and oxygen atoms in total. The van der Waals surface area contributed by atoms with Crippen LogP contribution in [0, 0.1) is 48.2 Å². The fourth-order valence-corrected chi connectivity index (χ4v) is 6.88. The van der Waals surface area contributed by atoms with E-state index in [1.165, 1.54) is 51.9 Å². The second-order valence-corrected chi connectivity index (χ2v) is 15.1. The van der Waals surface area contributed by atoms with E-state index in [2.05, 4.69) is 87.0 Å². The molecule has 0 saturated carbocycles. The Bertz CT molecular complexity index is 1210. The van der Waals surface area contributed by atoms with E-state index in [0.29, 0.717) is 5.56 Å². The Balaban J connectivity index is 0.000000233. The van der Waals surface area contributed by atoms with Gasteiger partial charge in [0.05, 0.1) is 0 Å². The molecule has 1 heterocycles. The maximum atomic E-state index is 11.3. The third-order valence-electron chi connectivity index (χ3n) is 6.26. The Morgan fingerprint density at radius 2 is 1.27 bits per heavy atom. The fourth-order valence-electron chi connectivity index (χ4n) is 5.05. The molecule has 0 N–H and O–H groups in total. The Morgan fingerprint density at radius 3 is 1.68 bits per heavy atom. The molecule has 0 atom stereocenters. The van der Waals surface area contributed by atoms with E-state index in [4.69, 9.17) is 19.4 Å². The van der Waals surface area contributed by atoms with Crippen molar-refractivity contribution in [1.82, 2.24) is 0 Å². The third kappa shape index (κ3) is 7.44. The van der Waals surface area contributed by atoms with Gasteiger partial charge in [-0.25, -0.2) is 0 Å². The first-order chi connectivity index (χ1) is 17.5. The summed E-state index contributed by atoms with van der Waals surface area (Å²) in [6, 6.07) is 16.2. The van der Waals surface area contributed by atoms with Gasteiger partial charge < -0.3 is 9.80 Å². The number of halogens is 2. The summed E-state index contributed by atoms with van der Waals surface area (Å²) in [6.45, 7) is 17.6. The molecule has 1 aliphatic rings. The van der Waals surface area contributed by atoms with Gasteiger partial charge in [0, 0.05) is 24.5 Å². The van der Waals surface area contributed by atoms with Gasteiger partial charge >= 0.3 is 95.5 Å². The molecule has 1 saturated heterocycles. The smallest absolute Gasteiger partial charge is 0.0146 e. The van der Waals surface area contributed by atoms with Crippen LogP contribution in [0.25, 0.3) is 0 Å². The van der Waals surface area contributed by atoms with Gasteiger partial charge in [0.25, 0.3) is 0 Å². The van der Waals surface area contributed by atoms with Crippen molar-refractivity contribution < 1.29 is 23.0 Å². The summed E-state index contributed by atoms with van der Waals surface area (Å²) in [4.78, 5) is 16.1. The molecule has 37 heavy (non-hydrogen) atoms. The molecule has 0 bridgehead atoms. The number of rotatable bonds is 4. The number of esters is 1. The van der Waals surface area contributed by atoms with Crippen molar-refractivity contribution in [1.29, 1.82) is 0 Å². The van der Waals surface area contributed by atoms with E-state index >= 15 is 0 Å². The molecule has 3 aromatic rings. The zero-order chi connectivity index (χ0) is 27.3. The van der Waals surface area contributed by atoms with Gasteiger partial charge in [0.15, 0.2) is 0 Å². The number of hydrogen-bond donors (Lipinski definition) is 0. The van der Waals surface area contributed by atoms with Crippen LogP contribution in [0.15, 0.2) is 48.5 Å². The maximum absolute atomic E-state index is 11.3. The Kier molecular flexibility index (Phi) is 10.4. The molecule has 0 spiro atoms. The van der Waals surface area contributed by atoms with Crippen molar-refractivity contribution in [3.05, 3.63) is 99.7 Å². The van der Waals surface area contributed by atoms with Crippen LogP contribution in [0.4, 0.5) is 11.4 Å². The Morgan fingerprint density at radius 1 is 0.838 bits per heavy atom. The van der Waals surface area contributed by atoms with Crippen molar-refractivity contribution in [3.63, 3.8) is 0 Å². The Hall–Kier alpha value is -2.20.